The van der Waals surface area contributed by atoms with Gasteiger partial charge in [0.25, 0.3) is 0 Å². The van der Waals surface area contributed by atoms with Gasteiger partial charge in [-0.1, -0.05) is 11.6 Å². The Balaban J connectivity index is 2.90. The maximum Gasteiger partial charge on any atom is 0.188 e. The number of hydrogen-bond acceptors (Lipinski definition) is 3. The van der Waals surface area contributed by atoms with E-state index < -0.39 is 6.10 Å². The average molecular weight is 196 g/mol. The molecule has 0 saturated heterocycles. The Morgan fingerprint density at radius 2 is 2.14 bits per heavy atom. The van der Waals surface area contributed by atoms with Gasteiger partial charge in [-0.3, -0.25) is 0 Å². The Morgan fingerprint density at radius 1 is 1.43 bits per heavy atom. The summed E-state index contributed by atoms with van der Waals surface area (Å²) >= 11 is 0. The molecule has 0 aliphatic rings. The van der Waals surface area contributed by atoms with Gasteiger partial charge >= 0.3 is 0 Å². The lowest BCUT2D eigenvalue weighted by molar-refractivity contribution is 0.0484. The number of rotatable bonds is 4. The lowest BCUT2D eigenvalue weighted by Gasteiger charge is -2.13. The van der Waals surface area contributed by atoms with Crippen molar-refractivity contribution < 1.29 is 14.6 Å². The van der Waals surface area contributed by atoms with E-state index in [0.717, 1.165) is 11.1 Å². The molecule has 3 nitrogen and oxygen atoms in total. The molecule has 1 aromatic rings. The Hall–Kier alpha value is -1.06. The van der Waals surface area contributed by atoms with E-state index in [4.69, 9.17) is 9.47 Å². The third kappa shape index (κ3) is 2.72. The summed E-state index contributed by atoms with van der Waals surface area (Å²) in [5.41, 5.74) is 1.90. The maximum atomic E-state index is 9.51. The molecular formula is C11H16O3. The molecule has 1 aromatic carbocycles. The van der Waals surface area contributed by atoms with Crippen LogP contribution in [0.25, 0.3) is 0 Å². The van der Waals surface area contributed by atoms with E-state index in [-0.39, 0.29) is 6.79 Å². The van der Waals surface area contributed by atoms with Gasteiger partial charge < -0.3 is 14.6 Å². The largest absolute Gasteiger partial charge is 0.467 e. The predicted molar refractivity (Wildman–Crippen MR) is 54.3 cm³/mol. The standard InChI is InChI=1S/C11H16O3/c1-8-4-5-11(14-7-13-3)10(6-8)9(2)12/h4-6,9,12H,7H2,1-3H3/t9-/m0/s1. The molecule has 0 bridgehead atoms. The monoisotopic (exact) mass is 196 g/mol. The Kier molecular flexibility index (Phi) is 3.92. The van der Waals surface area contributed by atoms with Crippen LogP contribution in [0.2, 0.25) is 0 Å². The van der Waals surface area contributed by atoms with Crippen molar-refractivity contribution >= 4 is 0 Å². The van der Waals surface area contributed by atoms with Crippen LogP contribution in [0.3, 0.4) is 0 Å². The fraction of sp³-hybridized carbons (Fsp3) is 0.455. The van der Waals surface area contributed by atoms with Crippen molar-refractivity contribution in [1.82, 2.24) is 0 Å². The van der Waals surface area contributed by atoms with Gasteiger partial charge in [0.15, 0.2) is 6.79 Å². The van der Waals surface area contributed by atoms with E-state index >= 15 is 0 Å². The molecule has 0 spiro atoms. The van der Waals surface area contributed by atoms with Crippen molar-refractivity contribution in [3.8, 4) is 5.75 Å². The van der Waals surface area contributed by atoms with Crippen molar-refractivity contribution in [1.29, 1.82) is 0 Å². The summed E-state index contributed by atoms with van der Waals surface area (Å²) < 4.78 is 10.1. The number of hydrogen-bond donors (Lipinski definition) is 1. The number of aliphatic hydroxyl groups is 1. The zero-order chi connectivity index (χ0) is 10.6. The predicted octanol–water partition coefficient (Wildman–Crippen LogP) is 2.03. The van der Waals surface area contributed by atoms with E-state index in [9.17, 15) is 5.11 Å². The number of aryl methyl sites for hydroxylation is 1. The zero-order valence-corrected chi connectivity index (χ0v) is 8.78. The summed E-state index contributed by atoms with van der Waals surface area (Å²) in [6, 6.07) is 5.70. The lowest BCUT2D eigenvalue weighted by Crippen LogP contribution is -2.03. The van der Waals surface area contributed by atoms with Crippen LogP contribution in [-0.4, -0.2) is 19.0 Å². The van der Waals surface area contributed by atoms with Crippen molar-refractivity contribution in [2.75, 3.05) is 13.9 Å². The molecule has 0 aliphatic carbocycles. The van der Waals surface area contributed by atoms with Crippen LogP contribution in [0, 0.1) is 6.92 Å². The SMILES string of the molecule is COCOc1ccc(C)cc1[C@H](C)O. The molecule has 0 amide bonds. The summed E-state index contributed by atoms with van der Waals surface area (Å²) in [4.78, 5) is 0. The smallest absolute Gasteiger partial charge is 0.188 e. The molecule has 78 valence electrons. The molecule has 0 saturated carbocycles. The van der Waals surface area contributed by atoms with Crippen molar-refractivity contribution in [3.05, 3.63) is 29.3 Å². The quantitative estimate of drug-likeness (QED) is 0.749. The van der Waals surface area contributed by atoms with Gasteiger partial charge in [0.1, 0.15) is 5.75 Å². The maximum absolute atomic E-state index is 9.51. The molecule has 0 aliphatic heterocycles. The van der Waals surface area contributed by atoms with Gasteiger partial charge in [-0.2, -0.15) is 0 Å². The first-order valence-electron chi connectivity index (χ1n) is 4.55. The van der Waals surface area contributed by atoms with E-state index in [2.05, 4.69) is 0 Å². The molecule has 14 heavy (non-hydrogen) atoms. The normalized spacial score (nSPS) is 12.6. The van der Waals surface area contributed by atoms with Gasteiger partial charge in [0, 0.05) is 12.7 Å². The fourth-order valence-corrected chi connectivity index (χ4v) is 1.25. The minimum atomic E-state index is -0.526. The Bertz CT molecular complexity index is 295. The van der Waals surface area contributed by atoms with Crippen LogP contribution >= 0.6 is 0 Å². The van der Waals surface area contributed by atoms with Crippen molar-refractivity contribution in [2.24, 2.45) is 0 Å². The fourth-order valence-electron chi connectivity index (χ4n) is 1.25. The minimum absolute atomic E-state index is 0.197. The molecule has 0 heterocycles. The third-order valence-corrected chi connectivity index (χ3v) is 1.95. The van der Waals surface area contributed by atoms with Gasteiger partial charge in [0.2, 0.25) is 0 Å². The van der Waals surface area contributed by atoms with Gasteiger partial charge in [-0.25, -0.2) is 0 Å². The zero-order valence-electron chi connectivity index (χ0n) is 8.78. The average Bonchev–Trinajstić information content (AvgIpc) is 2.15. The summed E-state index contributed by atoms with van der Waals surface area (Å²) in [5, 5.41) is 9.51. The van der Waals surface area contributed by atoms with E-state index in [1.54, 1.807) is 14.0 Å². The highest BCUT2D eigenvalue weighted by molar-refractivity contribution is 5.38. The van der Waals surface area contributed by atoms with Crippen molar-refractivity contribution in [3.63, 3.8) is 0 Å². The van der Waals surface area contributed by atoms with E-state index in [0.29, 0.717) is 5.75 Å². The molecule has 0 fully saturated rings. The molecule has 1 rings (SSSR count). The van der Waals surface area contributed by atoms with Crippen LogP contribution in [0.4, 0.5) is 0 Å². The molecule has 1 N–H and O–H groups in total. The minimum Gasteiger partial charge on any atom is -0.467 e. The topological polar surface area (TPSA) is 38.7 Å². The highest BCUT2D eigenvalue weighted by Gasteiger charge is 2.08. The number of benzene rings is 1. The first-order valence-corrected chi connectivity index (χ1v) is 4.55. The van der Waals surface area contributed by atoms with Crippen LogP contribution < -0.4 is 4.74 Å². The summed E-state index contributed by atoms with van der Waals surface area (Å²) in [7, 11) is 1.57. The molecule has 3 heteroatoms. The highest BCUT2D eigenvalue weighted by atomic mass is 16.7. The second-order valence-electron chi connectivity index (χ2n) is 3.27. The highest BCUT2D eigenvalue weighted by Crippen LogP contribution is 2.26. The lowest BCUT2D eigenvalue weighted by atomic mass is 10.1. The number of methoxy groups -OCH3 is 1. The molecule has 0 aromatic heterocycles. The first-order chi connectivity index (χ1) is 6.65. The molecular weight excluding hydrogens is 180 g/mol. The van der Waals surface area contributed by atoms with E-state index in [1.807, 2.05) is 25.1 Å². The van der Waals surface area contributed by atoms with Crippen LogP contribution in [-0.2, 0) is 4.74 Å². The summed E-state index contributed by atoms with van der Waals surface area (Å²) in [6.07, 6.45) is -0.526. The first kappa shape index (κ1) is 11.0. The number of ether oxygens (including phenoxy) is 2. The van der Waals surface area contributed by atoms with Gasteiger partial charge in [-0.05, 0) is 26.0 Å². The third-order valence-electron chi connectivity index (χ3n) is 1.95. The second-order valence-corrected chi connectivity index (χ2v) is 3.27. The Morgan fingerprint density at radius 3 is 2.71 bits per heavy atom. The van der Waals surface area contributed by atoms with Gasteiger partial charge in [-0.15, -0.1) is 0 Å². The van der Waals surface area contributed by atoms with Crippen LogP contribution in [0.1, 0.15) is 24.2 Å². The molecule has 1 atom stereocenters. The van der Waals surface area contributed by atoms with Gasteiger partial charge in [0.05, 0.1) is 6.10 Å². The molecule has 0 unspecified atom stereocenters. The Labute approximate surface area is 84.3 Å². The van der Waals surface area contributed by atoms with E-state index in [1.165, 1.54) is 0 Å². The number of aliphatic hydroxyl groups excluding tert-OH is 1. The van der Waals surface area contributed by atoms with Crippen molar-refractivity contribution in [2.45, 2.75) is 20.0 Å². The molecule has 0 radical (unpaired) electrons. The summed E-state index contributed by atoms with van der Waals surface area (Å²) in [6.45, 7) is 3.89. The summed E-state index contributed by atoms with van der Waals surface area (Å²) in [5.74, 6) is 0.674. The second kappa shape index (κ2) is 4.98. The van der Waals surface area contributed by atoms with Crippen LogP contribution in [0.15, 0.2) is 18.2 Å². The van der Waals surface area contributed by atoms with Crippen LogP contribution in [0.5, 0.6) is 5.75 Å².